The summed E-state index contributed by atoms with van der Waals surface area (Å²) in [6.07, 6.45) is 1.82. The minimum atomic E-state index is 0.304. The number of nitrogens with zero attached hydrogens (tertiary/aromatic N) is 6. The Morgan fingerprint density at radius 3 is 2.05 bits per heavy atom. The smallest absolute Gasteiger partial charge is 0.257 e. The molecule has 0 amide bonds. The molecule has 0 spiro atoms. The van der Waals surface area contributed by atoms with Gasteiger partial charge in [-0.15, -0.1) is 0 Å². The Labute approximate surface area is 220 Å². The lowest BCUT2D eigenvalue weighted by molar-refractivity contribution is 0.767. The van der Waals surface area contributed by atoms with Crippen LogP contribution in [0.3, 0.4) is 0 Å². The number of rotatable bonds is 6. The minimum absolute atomic E-state index is 0.304. The normalized spacial score (nSPS) is 11.4. The topological polar surface area (TPSA) is 92.9 Å². The van der Waals surface area contributed by atoms with E-state index in [1.807, 2.05) is 81.6 Å². The maximum absolute atomic E-state index is 4.62. The largest absolute Gasteiger partial charge is 0.324 e. The zero-order chi connectivity index (χ0) is 26.1. The number of fused-ring (bicyclic) bond motifs is 2. The van der Waals surface area contributed by atoms with Gasteiger partial charge in [0.2, 0.25) is 11.9 Å². The number of hydrogen-bond donors (Lipinski definition) is 2. The molecule has 0 atom stereocenters. The van der Waals surface area contributed by atoms with Gasteiger partial charge < -0.3 is 5.32 Å². The molecule has 6 aromatic rings. The minimum Gasteiger partial charge on any atom is -0.324 e. The first-order valence-corrected chi connectivity index (χ1v) is 12.4. The van der Waals surface area contributed by atoms with Crippen LogP contribution < -0.4 is 10.7 Å². The number of nitrogens with one attached hydrogen (secondary N) is 2. The van der Waals surface area contributed by atoms with Crippen LogP contribution in [0.4, 0.5) is 17.6 Å². The number of hydrogen-bond acceptors (Lipinski definition) is 7. The van der Waals surface area contributed by atoms with Crippen molar-refractivity contribution < 1.29 is 0 Å². The van der Waals surface area contributed by atoms with Gasteiger partial charge in [-0.3, -0.25) is 0 Å². The van der Waals surface area contributed by atoms with Gasteiger partial charge in [0.1, 0.15) is 0 Å². The zero-order valence-electron chi connectivity index (χ0n) is 21.3. The van der Waals surface area contributed by atoms with Gasteiger partial charge in [-0.2, -0.15) is 25.2 Å². The highest BCUT2D eigenvalue weighted by atomic mass is 15.4. The molecule has 0 unspecified atom stereocenters. The van der Waals surface area contributed by atoms with E-state index in [0.717, 1.165) is 44.2 Å². The maximum Gasteiger partial charge on any atom is 0.257 e. The molecule has 6 rings (SSSR count). The van der Waals surface area contributed by atoms with E-state index in [9.17, 15) is 0 Å². The van der Waals surface area contributed by atoms with Crippen molar-refractivity contribution in [3.05, 3.63) is 107 Å². The Morgan fingerprint density at radius 2 is 1.39 bits per heavy atom. The average molecular weight is 499 g/mol. The summed E-state index contributed by atoms with van der Waals surface area (Å²) >= 11 is 0. The number of anilines is 3. The molecule has 0 aliphatic carbocycles. The summed E-state index contributed by atoms with van der Waals surface area (Å²) in [7, 11) is 0. The highest BCUT2D eigenvalue weighted by Gasteiger charge is 2.12. The van der Waals surface area contributed by atoms with Crippen molar-refractivity contribution in [1.82, 2.24) is 24.7 Å². The van der Waals surface area contributed by atoms with Crippen molar-refractivity contribution in [2.45, 2.75) is 20.8 Å². The Bertz CT molecular complexity index is 1750. The maximum atomic E-state index is 4.62. The second-order valence-electron chi connectivity index (χ2n) is 9.22. The van der Waals surface area contributed by atoms with Crippen LogP contribution in [0.25, 0.3) is 27.5 Å². The third-order valence-corrected chi connectivity index (χ3v) is 6.30. The summed E-state index contributed by atoms with van der Waals surface area (Å²) in [5, 5.41) is 16.9. The molecule has 8 heteroatoms. The third-order valence-electron chi connectivity index (χ3n) is 6.30. The molecule has 0 aliphatic rings. The number of aromatic nitrogens is 5. The number of hydrazone groups is 1. The summed E-state index contributed by atoms with van der Waals surface area (Å²) < 4.78 is 1.70. The molecular weight excluding hydrogens is 472 g/mol. The zero-order valence-corrected chi connectivity index (χ0v) is 21.3. The Balaban J connectivity index is 1.38. The first-order valence-electron chi connectivity index (χ1n) is 12.4. The standard InChI is InChI=1S/C30H26N8/c1-19-12-14-24(15-13-19)32-28-33-29(35-30(34-28)38-21(3)16-20(2)37-38)36-31-18-27-25-10-6-4-8-22(25)17-23-9-5-7-11-26(23)27/h4-18H,1-3H3,(H2,32,33,34,35,36)/b31-18-. The molecule has 38 heavy (non-hydrogen) atoms. The van der Waals surface area contributed by atoms with E-state index >= 15 is 0 Å². The lowest BCUT2D eigenvalue weighted by atomic mass is 9.97. The summed E-state index contributed by atoms with van der Waals surface area (Å²) in [5.74, 6) is 1.09. The first kappa shape index (κ1) is 23.3. The first-order chi connectivity index (χ1) is 18.5. The van der Waals surface area contributed by atoms with Crippen molar-refractivity contribution in [3.8, 4) is 5.95 Å². The van der Waals surface area contributed by atoms with E-state index < -0.39 is 0 Å². The number of benzene rings is 4. The van der Waals surface area contributed by atoms with Crippen molar-refractivity contribution in [1.29, 1.82) is 0 Å². The molecule has 0 radical (unpaired) electrons. The Hall–Kier alpha value is -5.11. The molecule has 2 heterocycles. The van der Waals surface area contributed by atoms with Crippen LogP contribution >= 0.6 is 0 Å². The molecular formula is C30H26N8. The third kappa shape index (κ3) is 4.67. The Kier molecular flexibility index (Phi) is 5.97. The summed E-state index contributed by atoms with van der Waals surface area (Å²) in [5.41, 5.74) is 7.90. The molecule has 8 nitrogen and oxygen atoms in total. The molecule has 0 saturated heterocycles. The van der Waals surface area contributed by atoms with Crippen LogP contribution in [0.2, 0.25) is 0 Å². The van der Waals surface area contributed by atoms with Crippen LogP contribution in [0.1, 0.15) is 22.5 Å². The van der Waals surface area contributed by atoms with Crippen LogP contribution in [0.15, 0.2) is 90.0 Å². The quantitative estimate of drug-likeness (QED) is 0.155. The van der Waals surface area contributed by atoms with Gasteiger partial charge in [0.25, 0.3) is 5.95 Å². The van der Waals surface area contributed by atoms with Gasteiger partial charge in [-0.25, -0.2) is 10.1 Å². The van der Waals surface area contributed by atoms with E-state index in [-0.39, 0.29) is 0 Å². The highest BCUT2D eigenvalue weighted by Crippen LogP contribution is 2.27. The van der Waals surface area contributed by atoms with Crippen molar-refractivity contribution in [3.63, 3.8) is 0 Å². The molecule has 0 saturated carbocycles. The van der Waals surface area contributed by atoms with Crippen molar-refractivity contribution in [2.24, 2.45) is 5.10 Å². The SMILES string of the molecule is Cc1ccc(Nc2nc(N/N=C\c3c4ccccc4cc4ccccc34)nc(-n3nc(C)cc3C)n2)cc1. The molecule has 0 fully saturated rings. The average Bonchev–Trinajstić information content (AvgIpc) is 3.27. The fourth-order valence-electron chi connectivity index (χ4n) is 4.51. The molecule has 2 aromatic heterocycles. The second kappa shape index (κ2) is 9.74. The van der Waals surface area contributed by atoms with E-state index in [4.69, 9.17) is 0 Å². The summed E-state index contributed by atoms with van der Waals surface area (Å²) in [6, 6.07) is 28.8. The second-order valence-corrected chi connectivity index (χ2v) is 9.22. The van der Waals surface area contributed by atoms with Gasteiger partial charge in [0, 0.05) is 16.9 Å². The lowest BCUT2D eigenvalue weighted by Crippen LogP contribution is -2.11. The van der Waals surface area contributed by atoms with E-state index in [2.05, 4.69) is 66.2 Å². The van der Waals surface area contributed by atoms with Gasteiger partial charge in [-0.1, -0.05) is 66.2 Å². The molecule has 2 N–H and O–H groups in total. The monoisotopic (exact) mass is 498 g/mol. The van der Waals surface area contributed by atoms with Crippen molar-refractivity contribution >= 4 is 45.3 Å². The van der Waals surface area contributed by atoms with Gasteiger partial charge in [0.05, 0.1) is 11.9 Å². The van der Waals surface area contributed by atoms with Crippen LogP contribution in [0.5, 0.6) is 0 Å². The van der Waals surface area contributed by atoms with Crippen LogP contribution in [-0.2, 0) is 0 Å². The lowest BCUT2D eigenvalue weighted by Gasteiger charge is -2.10. The van der Waals surface area contributed by atoms with Gasteiger partial charge in [0.15, 0.2) is 0 Å². The molecule has 186 valence electrons. The Morgan fingerprint density at radius 1 is 0.737 bits per heavy atom. The van der Waals surface area contributed by atoms with E-state index in [0.29, 0.717) is 17.8 Å². The fourth-order valence-corrected chi connectivity index (χ4v) is 4.51. The van der Waals surface area contributed by atoms with Gasteiger partial charge >= 0.3 is 0 Å². The highest BCUT2D eigenvalue weighted by molar-refractivity contribution is 6.13. The van der Waals surface area contributed by atoms with Crippen LogP contribution in [0, 0.1) is 20.8 Å². The fraction of sp³-hybridized carbons (Fsp3) is 0.100. The van der Waals surface area contributed by atoms with Crippen LogP contribution in [-0.4, -0.2) is 30.9 Å². The molecule has 0 aliphatic heterocycles. The molecule has 0 bridgehead atoms. The number of aryl methyl sites for hydroxylation is 3. The van der Waals surface area contributed by atoms with Crippen molar-refractivity contribution in [2.75, 3.05) is 10.7 Å². The summed E-state index contributed by atoms with van der Waals surface area (Å²) in [4.78, 5) is 13.8. The van der Waals surface area contributed by atoms with Gasteiger partial charge in [-0.05, 0) is 66.6 Å². The van der Waals surface area contributed by atoms with E-state index in [1.165, 1.54) is 5.56 Å². The van der Waals surface area contributed by atoms with E-state index in [1.54, 1.807) is 4.68 Å². The predicted octanol–water partition coefficient (Wildman–Crippen LogP) is 6.48. The predicted molar refractivity (Wildman–Crippen MR) is 154 cm³/mol. The summed E-state index contributed by atoms with van der Waals surface area (Å²) in [6.45, 7) is 5.95. The molecule has 4 aromatic carbocycles.